The van der Waals surface area contributed by atoms with Crippen molar-refractivity contribution in [3.63, 3.8) is 0 Å². The molecule has 0 atom stereocenters. The summed E-state index contributed by atoms with van der Waals surface area (Å²) in [5.41, 5.74) is 5.48. The summed E-state index contributed by atoms with van der Waals surface area (Å²) in [6.45, 7) is 17.8. The van der Waals surface area contributed by atoms with Crippen molar-refractivity contribution in [1.29, 1.82) is 0 Å². The Morgan fingerprint density at radius 3 is 0.986 bits per heavy atom. The van der Waals surface area contributed by atoms with E-state index in [9.17, 15) is 0 Å². The molecule has 376 valence electrons. The van der Waals surface area contributed by atoms with Crippen molar-refractivity contribution in [2.75, 3.05) is 24.6 Å². The van der Waals surface area contributed by atoms with Gasteiger partial charge in [-0.2, -0.15) is 36.4 Å². The maximum atomic E-state index is 2.47. The summed E-state index contributed by atoms with van der Waals surface area (Å²) in [5, 5.41) is 14.6. The Hall–Kier alpha value is -1.81. The summed E-state index contributed by atoms with van der Waals surface area (Å²) < 4.78 is 0. The van der Waals surface area contributed by atoms with Crippen LogP contribution in [0.1, 0.15) is 153 Å². The second-order valence-electron chi connectivity index (χ2n) is 19.0. The minimum Gasteiger partial charge on any atom is -1.00 e. The van der Waals surface area contributed by atoms with E-state index in [1.54, 1.807) is 10.6 Å². The van der Waals surface area contributed by atoms with Crippen LogP contribution >= 0.6 is 15.8 Å². The number of hydrogen-bond acceptors (Lipinski definition) is 0. The van der Waals surface area contributed by atoms with E-state index in [2.05, 4.69) is 189 Å². The SMILES string of the molecule is CCCCCCP(CCCCCC)c1cc2ccccc2[cH-]1.CCCCCCP(CCCCCC)c1cc2ccccc2[cH-]1.Cc1ccc(C)c2[cH-]ccc12.Cc1ccc(C)c2[cH-]ccc12.[Cl-].[Cl-].[Ti+2].[Ti+2]. The molecule has 8 aromatic rings. The molecule has 0 bridgehead atoms. The van der Waals surface area contributed by atoms with Crippen LogP contribution in [0.25, 0.3) is 43.1 Å². The van der Waals surface area contributed by atoms with Gasteiger partial charge in [0.05, 0.1) is 0 Å². The zero-order valence-corrected chi connectivity index (χ0v) is 50.9. The van der Waals surface area contributed by atoms with E-state index >= 15 is 0 Å². The molecule has 0 nitrogen and oxygen atoms in total. The molecule has 0 N–H and O–H groups in total. The van der Waals surface area contributed by atoms with Crippen LogP contribution < -0.4 is 35.4 Å². The predicted molar refractivity (Wildman–Crippen MR) is 306 cm³/mol. The molecule has 0 fully saturated rings. The Bertz CT molecular complexity index is 2200. The molecule has 70 heavy (non-hydrogen) atoms. The fraction of sp³-hybridized carbons (Fsp3) is 0.438. The second-order valence-corrected chi connectivity index (χ2v) is 24.0. The first-order chi connectivity index (χ1) is 32.3. The molecule has 0 aliphatic heterocycles. The van der Waals surface area contributed by atoms with Crippen LogP contribution in [0.5, 0.6) is 0 Å². The summed E-state index contributed by atoms with van der Waals surface area (Å²) in [5.74, 6) is 0. The molecule has 0 spiro atoms. The summed E-state index contributed by atoms with van der Waals surface area (Å²) in [6, 6.07) is 49.3. The molecule has 8 aromatic carbocycles. The van der Waals surface area contributed by atoms with Gasteiger partial charge in [-0.3, -0.25) is 0 Å². The quantitative estimate of drug-likeness (QED) is 0.0275. The topological polar surface area (TPSA) is 0 Å². The van der Waals surface area contributed by atoms with Gasteiger partial charge in [0.1, 0.15) is 0 Å². The monoisotopic (exact) mass is 1080 g/mol. The van der Waals surface area contributed by atoms with Crippen molar-refractivity contribution in [3.05, 3.63) is 156 Å². The third-order valence-corrected chi connectivity index (χ3v) is 19.0. The van der Waals surface area contributed by atoms with Gasteiger partial charge in [-0.1, -0.05) is 170 Å². The van der Waals surface area contributed by atoms with Gasteiger partial charge in [0.25, 0.3) is 0 Å². The van der Waals surface area contributed by atoms with Gasteiger partial charge >= 0.3 is 43.4 Å². The Morgan fingerprint density at radius 2 is 0.686 bits per heavy atom. The minimum absolute atomic E-state index is 0. The molecule has 0 aromatic heterocycles. The molecule has 0 aliphatic carbocycles. The van der Waals surface area contributed by atoms with E-state index < -0.39 is 0 Å². The number of fused-ring (bicyclic) bond motifs is 4. The van der Waals surface area contributed by atoms with Gasteiger partial charge in [0, 0.05) is 0 Å². The van der Waals surface area contributed by atoms with Gasteiger partial charge in [-0.15, -0.1) is 138 Å². The average molecular weight is 1080 g/mol. The van der Waals surface area contributed by atoms with Crippen molar-refractivity contribution < 1.29 is 68.2 Å². The van der Waals surface area contributed by atoms with E-state index in [-0.39, 0.29) is 84.1 Å². The van der Waals surface area contributed by atoms with Crippen molar-refractivity contribution in [3.8, 4) is 0 Å². The first kappa shape index (κ1) is 66.2. The van der Waals surface area contributed by atoms with Crippen LogP contribution in [0.3, 0.4) is 0 Å². The molecule has 0 saturated heterocycles. The normalized spacial score (nSPS) is 10.7. The summed E-state index contributed by atoms with van der Waals surface area (Å²) >= 11 is 0. The first-order valence-corrected chi connectivity index (χ1v) is 29.7. The Labute approximate surface area is 472 Å². The van der Waals surface area contributed by atoms with E-state index in [1.807, 2.05) is 0 Å². The van der Waals surface area contributed by atoms with E-state index in [0.29, 0.717) is 0 Å². The molecule has 8 rings (SSSR count). The fourth-order valence-electron chi connectivity index (χ4n) is 9.37. The second kappa shape index (κ2) is 37.8. The molecule has 0 amide bonds. The minimum atomic E-state index is 0. The number of aryl methyl sites for hydroxylation is 4. The Kier molecular flexibility index (Phi) is 35.8. The van der Waals surface area contributed by atoms with E-state index in [1.165, 1.54) is 193 Å². The summed E-state index contributed by atoms with van der Waals surface area (Å²) in [7, 11) is 0.128. The van der Waals surface area contributed by atoms with Crippen LogP contribution in [0.15, 0.2) is 133 Å². The van der Waals surface area contributed by atoms with Gasteiger partial charge in [-0.25, -0.2) is 0 Å². The van der Waals surface area contributed by atoms with Crippen molar-refractivity contribution in [2.24, 2.45) is 0 Å². The first-order valence-electron chi connectivity index (χ1n) is 26.3. The number of halogens is 2. The van der Waals surface area contributed by atoms with Gasteiger partial charge < -0.3 is 24.8 Å². The van der Waals surface area contributed by atoms with Crippen LogP contribution in [-0.4, -0.2) is 24.6 Å². The third kappa shape index (κ3) is 21.6. The summed E-state index contributed by atoms with van der Waals surface area (Å²) in [4.78, 5) is 0. The summed E-state index contributed by atoms with van der Waals surface area (Å²) in [6.07, 6.45) is 28.1. The molecule has 6 heteroatoms. The Morgan fingerprint density at radius 1 is 0.371 bits per heavy atom. The van der Waals surface area contributed by atoms with Crippen LogP contribution in [0.4, 0.5) is 0 Å². The standard InChI is InChI=1S/2C21H32P.2C11H11.2ClH.2Ti/c2*1-3-5-7-11-15-22(16-12-8-6-4-2)21-17-19-13-9-10-14-20(19)18-21;2*1-8-6-7-9(2)11-5-3-4-10(8)11;;;;/h2*9-10,13-14,17-18H,3-8,11-12,15-16H2,1-2H3;2*3-7H,1-2H3;2*1H;;/q4*-1;;;2*+2/p-2. The molecule has 0 aliphatic rings. The third-order valence-electron chi connectivity index (χ3n) is 13.6. The van der Waals surface area contributed by atoms with Crippen LogP contribution in [-0.2, 0) is 43.4 Å². The number of rotatable bonds is 22. The average Bonchev–Trinajstić information content (AvgIpc) is 4.18. The Balaban J connectivity index is 0.000000478. The van der Waals surface area contributed by atoms with Crippen molar-refractivity contribution in [1.82, 2.24) is 0 Å². The molecule has 0 radical (unpaired) electrons. The molecule has 0 heterocycles. The van der Waals surface area contributed by atoms with E-state index in [0.717, 1.165) is 0 Å². The number of hydrogen-bond donors (Lipinski definition) is 0. The van der Waals surface area contributed by atoms with E-state index in [4.69, 9.17) is 0 Å². The fourth-order valence-corrected chi connectivity index (χ4v) is 14.6. The van der Waals surface area contributed by atoms with Crippen LogP contribution in [0.2, 0.25) is 0 Å². The maximum absolute atomic E-state index is 2.47. The van der Waals surface area contributed by atoms with Gasteiger partial charge in [0.15, 0.2) is 0 Å². The van der Waals surface area contributed by atoms with Gasteiger partial charge in [0.2, 0.25) is 0 Å². The van der Waals surface area contributed by atoms with Gasteiger partial charge in [-0.05, 0) is 64.2 Å². The zero-order chi connectivity index (χ0) is 46.9. The number of unbranched alkanes of at least 4 members (excludes halogenated alkanes) is 12. The van der Waals surface area contributed by atoms with Crippen LogP contribution in [0, 0.1) is 27.7 Å². The molecular formula is C64H86Cl2P2Ti2-2. The number of benzene rings is 4. The zero-order valence-electron chi connectivity index (χ0n) is 44.5. The van der Waals surface area contributed by atoms with Crippen molar-refractivity contribution in [2.45, 2.75) is 158 Å². The van der Waals surface area contributed by atoms with Crippen molar-refractivity contribution >= 4 is 69.5 Å². The predicted octanol–water partition coefficient (Wildman–Crippen LogP) is 14.0. The largest absolute Gasteiger partial charge is 2.00 e. The molecule has 0 unspecified atom stereocenters. The smallest absolute Gasteiger partial charge is 1.00 e. The molecular weight excluding hydrogens is 997 g/mol. The molecule has 0 saturated carbocycles. The maximum Gasteiger partial charge on any atom is 2.00 e.